The second-order valence-corrected chi connectivity index (χ2v) is 3.92. The summed E-state index contributed by atoms with van der Waals surface area (Å²) in [4.78, 5) is 7.76. The Morgan fingerprint density at radius 2 is 2.21 bits per heavy atom. The summed E-state index contributed by atoms with van der Waals surface area (Å²) >= 11 is 5.77. The Hall–Kier alpha value is -1.61. The van der Waals surface area contributed by atoms with Crippen molar-refractivity contribution in [1.29, 1.82) is 0 Å². The third-order valence-electron chi connectivity index (χ3n) is 2.04. The van der Waals surface area contributed by atoms with E-state index in [1.807, 2.05) is 0 Å². The van der Waals surface area contributed by atoms with Crippen LogP contribution in [0, 0.1) is 0 Å². The molecule has 0 atom stereocenters. The van der Waals surface area contributed by atoms with Crippen LogP contribution in [-0.4, -0.2) is 45.5 Å². The SMILES string of the molecule is FC(F)(F)COCCNc1cc(Cl)nc2ncnn12. The molecule has 0 spiro atoms. The van der Waals surface area contributed by atoms with E-state index in [1.165, 1.54) is 16.9 Å². The summed E-state index contributed by atoms with van der Waals surface area (Å²) in [5.74, 6) is 0.773. The number of ether oxygens (including phenoxy) is 1. The highest BCUT2D eigenvalue weighted by atomic mass is 35.5. The van der Waals surface area contributed by atoms with Gasteiger partial charge in [-0.05, 0) is 0 Å². The van der Waals surface area contributed by atoms with Gasteiger partial charge in [0.05, 0.1) is 6.61 Å². The monoisotopic (exact) mass is 295 g/mol. The maximum atomic E-state index is 11.8. The van der Waals surface area contributed by atoms with Crippen molar-refractivity contribution in [3.05, 3.63) is 17.5 Å². The van der Waals surface area contributed by atoms with Gasteiger partial charge in [-0.3, -0.25) is 0 Å². The van der Waals surface area contributed by atoms with Gasteiger partial charge in [0.2, 0.25) is 0 Å². The van der Waals surface area contributed by atoms with E-state index in [0.29, 0.717) is 11.6 Å². The Morgan fingerprint density at radius 3 is 2.95 bits per heavy atom. The molecule has 0 aromatic carbocycles. The van der Waals surface area contributed by atoms with E-state index in [-0.39, 0.29) is 18.3 Å². The minimum absolute atomic E-state index is 0.102. The van der Waals surface area contributed by atoms with Crippen molar-refractivity contribution in [2.75, 3.05) is 25.1 Å². The molecule has 0 saturated carbocycles. The van der Waals surface area contributed by atoms with Crippen molar-refractivity contribution < 1.29 is 17.9 Å². The van der Waals surface area contributed by atoms with Crippen LogP contribution in [0.4, 0.5) is 19.0 Å². The Bertz CT molecular complexity index is 558. The fourth-order valence-electron chi connectivity index (χ4n) is 1.35. The van der Waals surface area contributed by atoms with Crippen LogP contribution < -0.4 is 5.32 Å². The van der Waals surface area contributed by atoms with E-state index in [4.69, 9.17) is 11.6 Å². The topological polar surface area (TPSA) is 64.3 Å². The Balaban J connectivity index is 1.89. The first-order valence-electron chi connectivity index (χ1n) is 5.20. The number of hydrogen-bond acceptors (Lipinski definition) is 5. The van der Waals surface area contributed by atoms with Gasteiger partial charge in [-0.15, -0.1) is 0 Å². The summed E-state index contributed by atoms with van der Waals surface area (Å²) in [6.07, 6.45) is -3.02. The molecule has 0 aliphatic rings. The largest absolute Gasteiger partial charge is 0.411 e. The summed E-state index contributed by atoms with van der Waals surface area (Å²) in [5.41, 5.74) is 0. The zero-order valence-electron chi connectivity index (χ0n) is 9.48. The lowest BCUT2D eigenvalue weighted by atomic mass is 10.5. The lowest BCUT2D eigenvalue weighted by Gasteiger charge is -2.10. The lowest BCUT2D eigenvalue weighted by Crippen LogP contribution is -2.20. The number of anilines is 1. The molecule has 2 aromatic heterocycles. The molecule has 10 heteroatoms. The fourth-order valence-corrected chi connectivity index (χ4v) is 1.53. The fraction of sp³-hybridized carbons (Fsp3) is 0.444. The average molecular weight is 296 g/mol. The first-order valence-corrected chi connectivity index (χ1v) is 5.58. The van der Waals surface area contributed by atoms with E-state index in [9.17, 15) is 13.2 Å². The average Bonchev–Trinajstić information content (AvgIpc) is 2.74. The second kappa shape index (κ2) is 5.57. The van der Waals surface area contributed by atoms with E-state index in [1.54, 1.807) is 0 Å². The molecule has 0 saturated heterocycles. The quantitative estimate of drug-likeness (QED) is 0.673. The van der Waals surface area contributed by atoms with Crippen LogP contribution >= 0.6 is 11.6 Å². The standard InChI is InChI=1S/C9H9ClF3N5O/c10-6-3-7(18-8(17-6)15-5-16-18)14-1-2-19-4-9(11,12)13/h3,5,14H,1-2,4H2. The highest BCUT2D eigenvalue weighted by Gasteiger charge is 2.27. The Kier molecular flexibility index (Phi) is 4.05. The van der Waals surface area contributed by atoms with Crippen LogP contribution in [0.15, 0.2) is 12.4 Å². The number of aromatic nitrogens is 4. The third-order valence-corrected chi connectivity index (χ3v) is 2.23. The highest BCUT2D eigenvalue weighted by molar-refractivity contribution is 6.29. The minimum Gasteiger partial charge on any atom is -0.370 e. The van der Waals surface area contributed by atoms with E-state index in [2.05, 4.69) is 25.1 Å². The lowest BCUT2D eigenvalue weighted by molar-refractivity contribution is -0.172. The first-order chi connectivity index (χ1) is 8.96. The van der Waals surface area contributed by atoms with Crippen LogP contribution in [-0.2, 0) is 4.74 Å². The van der Waals surface area contributed by atoms with Crippen LogP contribution in [0.2, 0.25) is 5.15 Å². The number of halogens is 4. The highest BCUT2D eigenvalue weighted by Crippen LogP contribution is 2.15. The smallest absolute Gasteiger partial charge is 0.370 e. The van der Waals surface area contributed by atoms with Gasteiger partial charge in [0.25, 0.3) is 5.78 Å². The van der Waals surface area contributed by atoms with E-state index >= 15 is 0 Å². The molecule has 19 heavy (non-hydrogen) atoms. The summed E-state index contributed by atoms with van der Waals surface area (Å²) in [6.45, 7) is -1.20. The molecular formula is C9H9ClF3N5O. The summed E-state index contributed by atoms with van der Waals surface area (Å²) in [7, 11) is 0. The molecule has 2 heterocycles. The molecule has 0 amide bonds. The van der Waals surface area contributed by atoms with Crippen molar-refractivity contribution in [2.45, 2.75) is 6.18 Å². The zero-order chi connectivity index (χ0) is 13.9. The van der Waals surface area contributed by atoms with Gasteiger partial charge in [0.15, 0.2) is 0 Å². The van der Waals surface area contributed by atoms with Crippen LogP contribution in [0.3, 0.4) is 0 Å². The molecule has 1 N–H and O–H groups in total. The number of nitrogens with zero attached hydrogens (tertiary/aromatic N) is 4. The van der Waals surface area contributed by atoms with E-state index in [0.717, 1.165) is 0 Å². The summed E-state index contributed by atoms with van der Waals surface area (Å²) in [5, 5.41) is 6.95. The normalized spacial score (nSPS) is 12.0. The third kappa shape index (κ3) is 3.93. The predicted octanol–water partition coefficient (Wildman–Crippen LogP) is 1.77. The zero-order valence-corrected chi connectivity index (χ0v) is 10.2. The molecule has 0 radical (unpaired) electrons. The molecule has 2 rings (SSSR count). The maximum Gasteiger partial charge on any atom is 0.411 e. The van der Waals surface area contributed by atoms with Crippen LogP contribution in [0.25, 0.3) is 5.78 Å². The van der Waals surface area contributed by atoms with Crippen molar-refractivity contribution in [3.8, 4) is 0 Å². The van der Waals surface area contributed by atoms with Gasteiger partial charge in [0.1, 0.15) is 23.9 Å². The van der Waals surface area contributed by atoms with Crippen molar-refractivity contribution >= 4 is 23.2 Å². The van der Waals surface area contributed by atoms with Crippen molar-refractivity contribution in [2.24, 2.45) is 0 Å². The van der Waals surface area contributed by atoms with Gasteiger partial charge in [-0.25, -0.2) is 0 Å². The van der Waals surface area contributed by atoms with Crippen LogP contribution in [0.5, 0.6) is 0 Å². The first kappa shape index (κ1) is 13.8. The van der Waals surface area contributed by atoms with Gasteiger partial charge in [-0.1, -0.05) is 11.6 Å². The predicted molar refractivity (Wildman–Crippen MR) is 61.2 cm³/mol. The molecule has 0 fully saturated rings. The number of alkyl halides is 3. The summed E-state index contributed by atoms with van der Waals surface area (Å²) < 4.78 is 41.3. The maximum absolute atomic E-state index is 11.8. The molecule has 0 unspecified atom stereocenters. The number of fused-ring (bicyclic) bond motifs is 1. The number of hydrogen-bond donors (Lipinski definition) is 1. The van der Waals surface area contributed by atoms with Gasteiger partial charge < -0.3 is 10.1 Å². The minimum atomic E-state index is -4.32. The molecular weight excluding hydrogens is 287 g/mol. The molecule has 104 valence electrons. The summed E-state index contributed by atoms with van der Waals surface area (Å²) in [6, 6.07) is 1.49. The van der Waals surface area contributed by atoms with E-state index < -0.39 is 12.8 Å². The molecule has 0 aliphatic heterocycles. The number of nitrogens with one attached hydrogen (secondary N) is 1. The Labute approximate surface area is 110 Å². The van der Waals surface area contributed by atoms with Crippen LogP contribution in [0.1, 0.15) is 0 Å². The Morgan fingerprint density at radius 1 is 1.42 bits per heavy atom. The second-order valence-electron chi connectivity index (χ2n) is 3.53. The van der Waals surface area contributed by atoms with Crippen molar-refractivity contribution in [3.63, 3.8) is 0 Å². The molecule has 0 bridgehead atoms. The van der Waals surface area contributed by atoms with Crippen molar-refractivity contribution in [1.82, 2.24) is 19.6 Å². The van der Waals surface area contributed by atoms with Gasteiger partial charge in [0, 0.05) is 12.6 Å². The molecule has 6 nitrogen and oxygen atoms in total. The van der Waals surface area contributed by atoms with Gasteiger partial charge >= 0.3 is 6.18 Å². The molecule has 0 aliphatic carbocycles. The molecule has 2 aromatic rings. The van der Waals surface area contributed by atoms with Gasteiger partial charge in [-0.2, -0.15) is 32.8 Å². The number of rotatable bonds is 5.